The molecule has 0 aliphatic carbocycles. The summed E-state index contributed by atoms with van der Waals surface area (Å²) in [6, 6.07) is 12.3. The van der Waals surface area contributed by atoms with Crippen molar-refractivity contribution in [1.29, 1.82) is 0 Å². The second-order valence-corrected chi connectivity index (χ2v) is 7.16. The fraction of sp³-hybridized carbons (Fsp3) is 0.200. The lowest BCUT2D eigenvalue weighted by molar-refractivity contribution is 0.535. The van der Waals surface area contributed by atoms with Gasteiger partial charge in [0.2, 0.25) is 10.0 Å². The van der Waals surface area contributed by atoms with Crippen LogP contribution in [0.15, 0.2) is 57.9 Å². The van der Waals surface area contributed by atoms with E-state index in [0.717, 1.165) is 16.1 Å². The van der Waals surface area contributed by atoms with Crippen LogP contribution in [0.1, 0.15) is 24.9 Å². The molecule has 0 spiro atoms. The lowest BCUT2D eigenvalue weighted by Gasteiger charge is -2.18. The van der Waals surface area contributed by atoms with Gasteiger partial charge in [-0.25, -0.2) is 17.5 Å². The minimum Gasteiger partial charge on any atom is -0.207 e. The van der Waals surface area contributed by atoms with Crippen molar-refractivity contribution < 1.29 is 12.8 Å². The molecule has 2 aromatic carbocycles. The van der Waals surface area contributed by atoms with Gasteiger partial charge in [-0.2, -0.15) is 0 Å². The van der Waals surface area contributed by atoms with Crippen LogP contribution in [0.5, 0.6) is 0 Å². The van der Waals surface area contributed by atoms with Gasteiger partial charge in [-0.05, 0) is 36.2 Å². The van der Waals surface area contributed by atoms with Gasteiger partial charge in [0.1, 0.15) is 10.7 Å². The van der Waals surface area contributed by atoms with Crippen molar-refractivity contribution in [3.8, 4) is 0 Å². The highest BCUT2D eigenvalue weighted by Crippen LogP contribution is 2.23. The maximum Gasteiger partial charge on any atom is 0.244 e. The lowest BCUT2D eigenvalue weighted by atomic mass is 10.1. The molecule has 0 amide bonds. The molecule has 0 radical (unpaired) electrons. The first-order valence-corrected chi connectivity index (χ1v) is 8.74. The van der Waals surface area contributed by atoms with Gasteiger partial charge in [0.25, 0.3) is 0 Å². The Balaban J connectivity index is 2.30. The minimum atomic E-state index is -3.90. The summed E-state index contributed by atoms with van der Waals surface area (Å²) in [6.45, 7) is 1.87. The van der Waals surface area contributed by atoms with Crippen LogP contribution in [0.2, 0.25) is 0 Å². The molecular weight excluding hydrogens is 357 g/mol. The van der Waals surface area contributed by atoms with E-state index in [1.165, 1.54) is 18.2 Å². The van der Waals surface area contributed by atoms with Gasteiger partial charge >= 0.3 is 0 Å². The molecule has 0 aliphatic rings. The van der Waals surface area contributed by atoms with Crippen LogP contribution in [0, 0.1) is 5.82 Å². The fourth-order valence-electron chi connectivity index (χ4n) is 2.00. The number of hydrogen-bond acceptors (Lipinski definition) is 2. The molecule has 21 heavy (non-hydrogen) atoms. The van der Waals surface area contributed by atoms with E-state index in [2.05, 4.69) is 20.7 Å². The average Bonchev–Trinajstić information content (AvgIpc) is 2.46. The van der Waals surface area contributed by atoms with E-state index < -0.39 is 21.9 Å². The van der Waals surface area contributed by atoms with Crippen LogP contribution >= 0.6 is 15.9 Å². The summed E-state index contributed by atoms with van der Waals surface area (Å²) in [5, 5.41) is 0. The number of nitrogens with one attached hydrogen (secondary N) is 1. The molecule has 0 saturated carbocycles. The number of hydrogen-bond donors (Lipinski definition) is 1. The van der Waals surface area contributed by atoms with Crippen molar-refractivity contribution in [3.05, 3.63) is 64.4 Å². The van der Waals surface area contributed by atoms with E-state index in [1.807, 2.05) is 31.2 Å². The third-order valence-electron chi connectivity index (χ3n) is 3.10. The highest BCUT2D eigenvalue weighted by molar-refractivity contribution is 9.10. The van der Waals surface area contributed by atoms with Crippen LogP contribution in [0.3, 0.4) is 0 Å². The van der Waals surface area contributed by atoms with Crippen molar-refractivity contribution in [1.82, 2.24) is 4.72 Å². The molecule has 0 aromatic heterocycles. The van der Waals surface area contributed by atoms with Crippen LogP contribution in [-0.2, 0) is 10.0 Å². The molecule has 0 aliphatic heterocycles. The molecule has 6 heteroatoms. The molecule has 2 rings (SSSR count). The summed E-state index contributed by atoms with van der Waals surface area (Å²) in [6.07, 6.45) is 0.565. The minimum absolute atomic E-state index is 0.333. The smallest absolute Gasteiger partial charge is 0.207 e. The summed E-state index contributed by atoms with van der Waals surface area (Å²) < 4.78 is 41.7. The second-order valence-electron chi connectivity index (χ2n) is 4.56. The van der Waals surface area contributed by atoms with Crippen LogP contribution < -0.4 is 4.72 Å². The Morgan fingerprint density at radius 1 is 1.14 bits per heavy atom. The van der Waals surface area contributed by atoms with Gasteiger partial charge in [0.15, 0.2) is 0 Å². The van der Waals surface area contributed by atoms with Gasteiger partial charge < -0.3 is 0 Å². The number of benzene rings is 2. The Kier molecular flexibility index (Phi) is 5.13. The molecule has 0 fully saturated rings. The van der Waals surface area contributed by atoms with Crippen molar-refractivity contribution in [3.63, 3.8) is 0 Å². The van der Waals surface area contributed by atoms with Gasteiger partial charge in [0.05, 0.1) is 0 Å². The first kappa shape index (κ1) is 16.1. The fourth-order valence-corrected chi connectivity index (χ4v) is 3.65. The predicted molar refractivity (Wildman–Crippen MR) is 83.9 cm³/mol. The third-order valence-corrected chi connectivity index (χ3v) is 5.14. The van der Waals surface area contributed by atoms with E-state index in [4.69, 9.17) is 0 Å². The van der Waals surface area contributed by atoms with Gasteiger partial charge in [-0.1, -0.05) is 47.1 Å². The van der Waals surface area contributed by atoms with Crippen molar-refractivity contribution in [2.45, 2.75) is 24.3 Å². The van der Waals surface area contributed by atoms with E-state index in [0.29, 0.717) is 6.42 Å². The van der Waals surface area contributed by atoms with E-state index >= 15 is 0 Å². The average molecular weight is 372 g/mol. The Morgan fingerprint density at radius 3 is 2.33 bits per heavy atom. The summed E-state index contributed by atoms with van der Waals surface area (Å²) in [7, 11) is -3.90. The maximum atomic E-state index is 13.7. The van der Waals surface area contributed by atoms with E-state index in [9.17, 15) is 12.8 Å². The Labute approximate surface area is 132 Å². The van der Waals surface area contributed by atoms with E-state index in [-0.39, 0.29) is 4.90 Å². The standard InChI is InChI=1S/C15H15BrFNO2S/c1-2-14(11-7-9-12(16)10-8-11)18-21(19,20)15-6-4-3-5-13(15)17/h3-10,14,18H,2H2,1H3/t14-/m1/s1. The van der Waals surface area contributed by atoms with Gasteiger partial charge in [-0.15, -0.1) is 0 Å². The predicted octanol–water partition coefficient (Wildman–Crippen LogP) is 4.02. The molecular formula is C15H15BrFNO2S. The van der Waals surface area contributed by atoms with Gasteiger partial charge in [-0.3, -0.25) is 0 Å². The molecule has 3 nitrogen and oxygen atoms in total. The largest absolute Gasteiger partial charge is 0.244 e. The molecule has 112 valence electrons. The summed E-state index contributed by atoms with van der Waals surface area (Å²) >= 11 is 3.34. The number of sulfonamides is 1. The van der Waals surface area contributed by atoms with E-state index in [1.54, 1.807) is 0 Å². The zero-order valence-electron chi connectivity index (χ0n) is 11.4. The quantitative estimate of drug-likeness (QED) is 0.862. The highest BCUT2D eigenvalue weighted by Gasteiger charge is 2.22. The Bertz CT molecular complexity index is 717. The van der Waals surface area contributed by atoms with Crippen LogP contribution in [0.25, 0.3) is 0 Å². The highest BCUT2D eigenvalue weighted by atomic mass is 79.9. The number of rotatable bonds is 5. The van der Waals surface area contributed by atoms with Crippen molar-refractivity contribution >= 4 is 26.0 Å². The molecule has 2 aromatic rings. The zero-order valence-corrected chi connectivity index (χ0v) is 13.8. The topological polar surface area (TPSA) is 46.2 Å². The Hall–Kier alpha value is -1.24. The Morgan fingerprint density at radius 2 is 1.76 bits per heavy atom. The third kappa shape index (κ3) is 3.90. The summed E-state index contributed by atoms with van der Waals surface area (Å²) in [5.41, 5.74) is 0.834. The van der Waals surface area contributed by atoms with Crippen LogP contribution in [-0.4, -0.2) is 8.42 Å². The number of halogens is 2. The monoisotopic (exact) mass is 371 g/mol. The van der Waals surface area contributed by atoms with Crippen molar-refractivity contribution in [2.75, 3.05) is 0 Å². The summed E-state index contributed by atoms with van der Waals surface area (Å²) in [5.74, 6) is -0.754. The summed E-state index contributed by atoms with van der Waals surface area (Å²) in [4.78, 5) is -0.333. The normalized spacial score (nSPS) is 13.1. The molecule has 1 N–H and O–H groups in total. The SMILES string of the molecule is CC[C@@H](NS(=O)(=O)c1ccccc1F)c1ccc(Br)cc1. The molecule has 0 bridgehead atoms. The molecule has 0 unspecified atom stereocenters. The second kappa shape index (κ2) is 6.68. The maximum absolute atomic E-state index is 13.7. The molecule has 1 atom stereocenters. The lowest BCUT2D eigenvalue weighted by Crippen LogP contribution is -2.29. The zero-order chi connectivity index (χ0) is 15.5. The van der Waals surface area contributed by atoms with Crippen molar-refractivity contribution in [2.24, 2.45) is 0 Å². The van der Waals surface area contributed by atoms with Gasteiger partial charge in [0, 0.05) is 10.5 Å². The first-order chi connectivity index (χ1) is 9.94. The first-order valence-electron chi connectivity index (χ1n) is 6.46. The molecule has 0 saturated heterocycles. The van der Waals surface area contributed by atoms with Crippen LogP contribution in [0.4, 0.5) is 4.39 Å². The molecule has 0 heterocycles.